The predicted octanol–water partition coefficient (Wildman–Crippen LogP) is 1.91. The Morgan fingerprint density at radius 2 is 2.14 bits per heavy atom. The Bertz CT molecular complexity index is 228. The molecule has 3 aliphatic rings. The van der Waals surface area contributed by atoms with Crippen LogP contribution in [0.4, 0.5) is 0 Å². The van der Waals surface area contributed by atoms with E-state index in [1.54, 1.807) is 0 Å². The van der Waals surface area contributed by atoms with Gasteiger partial charge in [-0.3, -0.25) is 9.80 Å². The molecule has 3 saturated heterocycles. The zero-order chi connectivity index (χ0) is 9.71. The molecule has 3 rings (SSSR count). The van der Waals surface area contributed by atoms with Crippen molar-refractivity contribution < 1.29 is 0 Å². The molecule has 3 aliphatic heterocycles. The average Bonchev–Trinajstić information content (AvgIpc) is 2.67. The fourth-order valence-electron chi connectivity index (χ4n) is 3.61. The summed E-state index contributed by atoms with van der Waals surface area (Å²) in [7, 11) is 0. The third-order valence-electron chi connectivity index (χ3n) is 4.48. The van der Waals surface area contributed by atoms with E-state index in [2.05, 4.69) is 23.6 Å². The van der Waals surface area contributed by atoms with Crippen LogP contribution < -0.4 is 0 Å². The van der Waals surface area contributed by atoms with Crippen molar-refractivity contribution in [1.29, 1.82) is 0 Å². The summed E-state index contributed by atoms with van der Waals surface area (Å²) >= 11 is 0. The number of rotatable bonds is 5. The van der Waals surface area contributed by atoms with Crippen molar-refractivity contribution >= 4 is 0 Å². The summed E-state index contributed by atoms with van der Waals surface area (Å²) < 4.78 is 0. The van der Waals surface area contributed by atoms with Gasteiger partial charge in [-0.2, -0.15) is 0 Å². The number of fused-ring (bicyclic) bond motifs is 1. The maximum atomic E-state index is 2.80. The van der Waals surface area contributed by atoms with Crippen molar-refractivity contribution in [2.75, 3.05) is 13.1 Å². The first kappa shape index (κ1) is 9.17. The summed E-state index contributed by atoms with van der Waals surface area (Å²) in [4.78, 5) is 5.47. The third kappa shape index (κ3) is 1.10. The van der Waals surface area contributed by atoms with Crippen LogP contribution in [0.1, 0.15) is 39.5 Å². The molecule has 0 aliphatic carbocycles. The van der Waals surface area contributed by atoms with Gasteiger partial charge in [0.15, 0.2) is 0 Å². The molecule has 0 aromatic carbocycles. The van der Waals surface area contributed by atoms with Gasteiger partial charge in [0.1, 0.15) is 0 Å². The lowest BCUT2D eigenvalue weighted by atomic mass is 10.0. The smallest absolute Gasteiger partial charge is 0.0793 e. The molecule has 4 unspecified atom stereocenters. The van der Waals surface area contributed by atoms with E-state index in [1.165, 1.54) is 38.8 Å². The van der Waals surface area contributed by atoms with Crippen LogP contribution in [0.25, 0.3) is 0 Å². The molecular formula is C12H22N2. The maximum Gasteiger partial charge on any atom is 0.0793 e. The molecule has 0 bridgehead atoms. The zero-order valence-electron chi connectivity index (χ0n) is 9.45. The van der Waals surface area contributed by atoms with Gasteiger partial charge >= 0.3 is 0 Å². The van der Waals surface area contributed by atoms with E-state index in [1.807, 2.05) is 0 Å². The van der Waals surface area contributed by atoms with Crippen LogP contribution in [0, 0.1) is 5.92 Å². The van der Waals surface area contributed by atoms with Gasteiger partial charge in [-0.15, -0.1) is 0 Å². The van der Waals surface area contributed by atoms with Crippen molar-refractivity contribution in [1.82, 2.24) is 9.80 Å². The molecule has 3 heterocycles. The Balaban J connectivity index is 1.58. The molecule has 0 saturated carbocycles. The number of hydrogen-bond acceptors (Lipinski definition) is 2. The molecule has 0 spiro atoms. The summed E-state index contributed by atoms with van der Waals surface area (Å²) in [5.74, 6) is 1.05. The molecule has 3 fully saturated rings. The second-order valence-electron chi connectivity index (χ2n) is 5.26. The minimum atomic E-state index is 0.887. The van der Waals surface area contributed by atoms with E-state index >= 15 is 0 Å². The maximum absolute atomic E-state index is 2.80. The lowest BCUT2D eigenvalue weighted by molar-refractivity contribution is 0.0745. The summed E-state index contributed by atoms with van der Waals surface area (Å²) in [6.45, 7) is 7.48. The van der Waals surface area contributed by atoms with Crippen LogP contribution in [0.15, 0.2) is 0 Å². The minimum Gasteiger partial charge on any atom is -0.283 e. The third-order valence-corrected chi connectivity index (χ3v) is 4.48. The molecule has 2 heteroatoms. The minimum absolute atomic E-state index is 0.887. The van der Waals surface area contributed by atoms with Crippen molar-refractivity contribution in [3.05, 3.63) is 0 Å². The van der Waals surface area contributed by atoms with Crippen LogP contribution in [0.5, 0.6) is 0 Å². The molecule has 14 heavy (non-hydrogen) atoms. The normalized spacial score (nSPS) is 45.9. The summed E-state index contributed by atoms with van der Waals surface area (Å²) in [5, 5.41) is 0. The van der Waals surface area contributed by atoms with Crippen molar-refractivity contribution in [3.63, 3.8) is 0 Å². The molecule has 0 aromatic heterocycles. The molecule has 80 valence electrons. The van der Waals surface area contributed by atoms with Crippen LogP contribution in [0.2, 0.25) is 0 Å². The second-order valence-corrected chi connectivity index (χ2v) is 5.26. The van der Waals surface area contributed by atoms with E-state index in [4.69, 9.17) is 0 Å². The van der Waals surface area contributed by atoms with E-state index in [9.17, 15) is 0 Å². The van der Waals surface area contributed by atoms with Gasteiger partial charge < -0.3 is 0 Å². The largest absolute Gasteiger partial charge is 0.283 e. The fraction of sp³-hybridized carbons (Fsp3) is 1.00. The Hall–Kier alpha value is -0.0800. The molecular weight excluding hydrogens is 172 g/mol. The topological polar surface area (TPSA) is 6.25 Å². The van der Waals surface area contributed by atoms with Gasteiger partial charge in [-0.05, 0) is 12.8 Å². The highest BCUT2D eigenvalue weighted by molar-refractivity contribution is 5.21. The van der Waals surface area contributed by atoms with Crippen LogP contribution in [-0.2, 0) is 0 Å². The van der Waals surface area contributed by atoms with Crippen molar-refractivity contribution in [3.8, 4) is 0 Å². The number of nitrogens with zero attached hydrogens (tertiary/aromatic N) is 2. The lowest BCUT2D eigenvalue weighted by Gasteiger charge is -2.36. The predicted molar refractivity (Wildman–Crippen MR) is 58.1 cm³/mol. The first-order valence-electron chi connectivity index (χ1n) is 6.38. The van der Waals surface area contributed by atoms with E-state index < -0.39 is 0 Å². The molecule has 0 amide bonds. The fourth-order valence-corrected chi connectivity index (χ4v) is 3.61. The highest BCUT2D eigenvalue weighted by atomic mass is 15.6. The quantitative estimate of drug-likeness (QED) is 0.617. The summed E-state index contributed by atoms with van der Waals surface area (Å²) in [6.07, 6.45) is 6.44. The molecule has 0 N–H and O–H groups in total. The van der Waals surface area contributed by atoms with Gasteiger partial charge in [0.25, 0.3) is 0 Å². The SMILES string of the molecule is CCCCC(CC)N1CC2CN3C1[C@@H]23. The van der Waals surface area contributed by atoms with Gasteiger partial charge in [0.05, 0.1) is 6.17 Å². The average molecular weight is 194 g/mol. The van der Waals surface area contributed by atoms with E-state index in [-0.39, 0.29) is 0 Å². The Kier molecular flexibility index (Phi) is 2.10. The Morgan fingerprint density at radius 1 is 1.29 bits per heavy atom. The number of likely N-dealkylation sites (tertiary alicyclic amines) is 1. The van der Waals surface area contributed by atoms with Crippen LogP contribution >= 0.6 is 0 Å². The lowest BCUT2D eigenvalue weighted by Crippen LogP contribution is -2.46. The van der Waals surface area contributed by atoms with Gasteiger partial charge in [-0.25, -0.2) is 0 Å². The van der Waals surface area contributed by atoms with Gasteiger partial charge in [0, 0.05) is 31.1 Å². The Labute approximate surface area is 87.3 Å². The molecule has 5 atom stereocenters. The zero-order valence-corrected chi connectivity index (χ0v) is 9.45. The number of unbranched alkanes of at least 4 members (excludes halogenated alkanes) is 1. The highest BCUT2D eigenvalue weighted by Crippen LogP contribution is 2.54. The highest BCUT2D eigenvalue weighted by Gasteiger charge is 2.69. The van der Waals surface area contributed by atoms with Gasteiger partial charge in [0.2, 0.25) is 0 Å². The molecule has 0 aromatic rings. The first-order chi connectivity index (χ1) is 6.86. The van der Waals surface area contributed by atoms with Crippen molar-refractivity contribution in [2.24, 2.45) is 5.92 Å². The van der Waals surface area contributed by atoms with Crippen LogP contribution in [-0.4, -0.2) is 41.1 Å². The second kappa shape index (κ2) is 3.21. The van der Waals surface area contributed by atoms with Crippen molar-refractivity contribution in [2.45, 2.75) is 57.8 Å². The summed E-state index contributed by atoms with van der Waals surface area (Å²) in [6, 6.07) is 1.89. The summed E-state index contributed by atoms with van der Waals surface area (Å²) in [5.41, 5.74) is 0. The molecule has 2 nitrogen and oxygen atoms in total. The Morgan fingerprint density at radius 3 is 2.64 bits per heavy atom. The standard InChI is InChI=1S/C12H22N2/c1-3-5-6-10(4-2)13-7-9-8-14-11(9)12(13)14/h9-12H,3-8H2,1-2H3/t9?,10?,11-,12?,14?/m1/s1. The van der Waals surface area contributed by atoms with E-state index in [0.717, 1.165) is 24.2 Å². The first-order valence-corrected chi connectivity index (χ1v) is 6.38. The number of hydrogen-bond donors (Lipinski definition) is 0. The monoisotopic (exact) mass is 194 g/mol. The van der Waals surface area contributed by atoms with Crippen LogP contribution in [0.3, 0.4) is 0 Å². The van der Waals surface area contributed by atoms with E-state index in [0.29, 0.717) is 0 Å². The molecule has 0 radical (unpaired) electrons. The van der Waals surface area contributed by atoms with Gasteiger partial charge in [-0.1, -0.05) is 26.7 Å².